The van der Waals surface area contributed by atoms with Gasteiger partial charge in [0, 0.05) is 39.9 Å². The Kier molecular flexibility index (Phi) is 4.99. The minimum absolute atomic E-state index is 0.0177. The molecule has 0 aliphatic carbocycles. The summed E-state index contributed by atoms with van der Waals surface area (Å²) in [5.41, 5.74) is 5.29. The lowest BCUT2D eigenvalue weighted by atomic mass is 9.79. The van der Waals surface area contributed by atoms with Crippen LogP contribution in [0, 0.1) is 5.41 Å². The van der Waals surface area contributed by atoms with Crippen LogP contribution < -0.4 is 5.73 Å². The van der Waals surface area contributed by atoms with E-state index >= 15 is 0 Å². The molecular weight excluding hydrogens is 258 g/mol. The summed E-state index contributed by atoms with van der Waals surface area (Å²) in [6, 6.07) is 0. The van der Waals surface area contributed by atoms with E-state index in [0.717, 1.165) is 25.9 Å². The highest BCUT2D eigenvalue weighted by molar-refractivity contribution is 5.88. The summed E-state index contributed by atoms with van der Waals surface area (Å²) < 4.78 is 5.32. The predicted molar refractivity (Wildman–Crippen MR) is 75.0 cm³/mol. The van der Waals surface area contributed by atoms with Crippen LogP contribution in [0.4, 0.5) is 0 Å². The molecule has 0 saturated carbocycles. The molecule has 0 spiro atoms. The zero-order valence-corrected chi connectivity index (χ0v) is 12.3. The molecule has 0 bridgehead atoms. The largest absolute Gasteiger partial charge is 0.381 e. The SMILES string of the molecule is CN(CC(=O)N1CCCC1)C(=O)C1(CN)CCOCC1. The van der Waals surface area contributed by atoms with Gasteiger partial charge in [-0.15, -0.1) is 0 Å². The van der Waals surface area contributed by atoms with E-state index in [-0.39, 0.29) is 18.4 Å². The van der Waals surface area contributed by atoms with Crippen molar-refractivity contribution in [1.82, 2.24) is 9.80 Å². The van der Waals surface area contributed by atoms with E-state index in [0.29, 0.717) is 32.6 Å². The van der Waals surface area contributed by atoms with Crippen LogP contribution in [0.2, 0.25) is 0 Å². The van der Waals surface area contributed by atoms with Crippen molar-refractivity contribution in [1.29, 1.82) is 0 Å². The summed E-state index contributed by atoms with van der Waals surface area (Å²) in [6.45, 7) is 3.24. The molecule has 6 heteroatoms. The molecule has 0 aromatic carbocycles. The van der Waals surface area contributed by atoms with Gasteiger partial charge >= 0.3 is 0 Å². The van der Waals surface area contributed by atoms with Crippen LogP contribution in [-0.2, 0) is 14.3 Å². The van der Waals surface area contributed by atoms with Gasteiger partial charge < -0.3 is 20.3 Å². The van der Waals surface area contributed by atoms with Crippen molar-refractivity contribution in [3.8, 4) is 0 Å². The maximum atomic E-state index is 12.6. The Morgan fingerprint density at radius 1 is 1.25 bits per heavy atom. The standard InChI is InChI=1S/C14H25N3O3/c1-16(10-12(18)17-6-2-3-7-17)13(19)14(11-15)4-8-20-9-5-14/h2-11,15H2,1H3. The van der Waals surface area contributed by atoms with Crippen LogP contribution in [0.15, 0.2) is 0 Å². The highest BCUT2D eigenvalue weighted by Crippen LogP contribution is 2.31. The summed E-state index contributed by atoms with van der Waals surface area (Å²) in [6.07, 6.45) is 3.41. The number of ether oxygens (including phenoxy) is 1. The average Bonchev–Trinajstić information content (AvgIpc) is 3.01. The summed E-state index contributed by atoms with van der Waals surface area (Å²) in [4.78, 5) is 28.1. The first-order valence-electron chi connectivity index (χ1n) is 7.40. The average molecular weight is 283 g/mol. The number of carbonyl (C=O) groups excluding carboxylic acids is 2. The van der Waals surface area contributed by atoms with E-state index in [1.807, 2.05) is 4.90 Å². The molecule has 0 unspecified atom stereocenters. The topological polar surface area (TPSA) is 75.9 Å². The smallest absolute Gasteiger partial charge is 0.242 e. The molecule has 2 rings (SSSR count). The molecule has 0 radical (unpaired) electrons. The van der Waals surface area contributed by atoms with Gasteiger partial charge in [0.15, 0.2) is 0 Å². The van der Waals surface area contributed by atoms with Crippen molar-refractivity contribution in [2.75, 3.05) is 46.4 Å². The lowest BCUT2D eigenvalue weighted by molar-refractivity contribution is -0.149. The van der Waals surface area contributed by atoms with Gasteiger partial charge in [0.25, 0.3) is 0 Å². The van der Waals surface area contributed by atoms with Crippen LogP contribution in [0.1, 0.15) is 25.7 Å². The lowest BCUT2D eigenvalue weighted by Crippen LogP contribution is -2.51. The first-order chi connectivity index (χ1) is 9.59. The van der Waals surface area contributed by atoms with Gasteiger partial charge in [0.05, 0.1) is 12.0 Å². The van der Waals surface area contributed by atoms with Gasteiger partial charge in [-0.25, -0.2) is 0 Å². The van der Waals surface area contributed by atoms with E-state index in [2.05, 4.69) is 0 Å². The molecule has 2 heterocycles. The molecule has 6 nitrogen and oxygen atoms in total. The molecule has 114 valence electrons. The van der Waals surface area contributed by atoms with E-state index in [1.165, 1.54) is 0 Å². The third-order valence-corrected chi connectivity index (χ3v) is 4.47. The van der Waals surface area contributed by atoms with Crippen LogP contribution in [0.25, 0.3) is 0 Å². The minimum Gasteiger partial charge on any atom is -0.381 e. The molecule has 2 aliphatic heterocycles. The Morgan fingerprint density at radius 2 is 1.85 bits per heavy atom. The normalized spacial score (nSPS) is 21.8. The Balaban J connectivity index is 1.94. The van der Waals surface area contributed by atoms with Crippen LogP contribution >= 0.6 is 0 Å². The fourth-order valence-corrected chi connectivity index (χ4v) is 3.01. The highest BCUT2D eigenvalue weighted by atomic mass is 16.5. The van der Waals surface area contributed by atoms with E-state index < -0.39 is 5.41 Å². The zero-order chi connectivity index (χ0) is 14.6. The number of nitrogens with zero attached hydrogens (tertiary/aromatic N) is 2. The molecular formula is C14H25N3O3. The number of likely N-dealkylation sites (N-methyl/N-ethyl adjacent to an activating group) is 1. The molecule has 2 fully saturated rings. The van der Waals surface area contributed by atoms with Crippen molar-refractivity contribution in [2.24, 2.45) is 11.1 Å². The van der Waals surface area contributed by atoms with E-state index in [4.69, 9.17) is 10.5 Å². The molecule has 20 heavy (non-hydrogen) atoms. The van der Waals surface area contributed by atoms with Crippen molar-refractivity contribution < 1.29 is 14.3 Å². The highest BCUT2D eigenvalue weighted by Gasteiger charge is 2.41. The van der Waals surface area contributed by atoms with Gasteiger partial charge in [-0.2, -0.15) is 0 Å². The number of amides is 2. The Bertz CT molecular complexity index is 361. The number of carbonyl (C=O) groups is 2. The Morgan fingerprint density at radius 3 is 2.40 bits per heavy atom. The monoisotopic (exact) mass is 283 g/mol. The maximum absolute atomic E-state index is 12.6. The van der Waals surface area contributed by atoms with Crippen molar-refractivity contribution in [3.05, 3.63) is 0 Å². The van der Waals surface area contributed by atoms with E-state index in [1.54, 1.807) is 11.9 Å². The molecule has 2 aliphatic rings. The summed E-state index contributed by atoms with van der Waals surface area (Å²) in [5.74, 6) is 0.0217. The molecule has 2 saturated heterocycles. The predicted octanol–water partition coefficient (Wildman–Crippen LogP) is -0.177. The fraction of sp³-hybridized carbons (Fsp3) is 0.857. The van der Waals surface area contributed by atoms with E-state index in [9.17, 15) is 9.59 Å². The summed E-state index contributed by atoms with van der Waals surface area (Å²) in [5, 5.41) is 0. The van der Waals surface area contributed by atoms with Crippen molar-refractivity contribution in [2.45, 2.75) is 25.7 Å². The number of rotatable bonds is 4. The Labute approximate surface area is 120 Å². The number of nitrogens with two attached hydrogens (primary N) is 1. The van der Waals surface area contributed by atoms with Crippen LogP contribution in [0.5, 0.6) is 0 Å². The first-order valence-corrected chi connectivity index (χ1v) is 7.40. The number of hydrogen-bond acceptors (Lipinski definition) is 4. The molecule has 0 aromatic heterocycles. The number of likely N-dealkylation sites (tertiary alicyclic amines) is 1. The summed E-state index contributed by atoms with van der Waals surface area (Å²) >= 11 is 0. The van der Waals surface area contributed by atoms with Gasteiger partial charge in [-0.3, -0.25) is 9.59 Å². The van der Waals surface area contributed by atoms with Crippen LogP contribution in [-0.4, -0.2) is 68.1 Å². The first kappa shape index (κ1) is 15.3. The second kappa shape index (κ2) is 6.54. The van der Waals surface area contributed by atoms with Gasteiger partial charge in [0.2, 0.25) is 11.8 Å². The van der Waals surface area contributed by atoms with Crippen molar-refractivity contribution >= 4 is 11.8 Å². The molecule has 0 aromatic rings. The minimum atomic E-state index is -0.543. The van der Waals surface area contributed by atoms with Gasteiger partial charge in [-0.05, 0) is 25.7 Å². The third-order valence-electron chi connectivity index (χ3n) is 4.47. The number of hydrogen-bond donors (Lipinski definition) is 1. The second-order valence-corrected chi connectivity index (χ2v) is 5.85. The second-order valence-electron chi connectivity index (χ2n) is 5.85. The molecule has 0 atom stereocenters. The molecule has 2 amide bonds. The Hall–Kier alpha value is -1.14. The lowest BCUT2D eigenvalue weighted by Gasteiger charge is -2.37. The maximum Gasteiger partial charge on any atom is 0.242 e. The summed E-state index contributed by atoms with van der Waals surface area (Å²) in [7, 11) is 1.70. The third kappa shape index (κ3) is 3.12. The van der Waals surface area contributed by atoms with Gasteiger partial charge in [0.1, 0.15) is 0 Å². The zero-order valence-electron chi connectivity index (χ0n) is 12.3. The fourth-order valence-electron chi connectivity index (χ4n) is 3.01. The van der Waals surface area contributed by atoms with Gasteiger partial charge in [-0.1, -0.05) is 0 Å². The molecule has 2 N–H and O–H groups in total. The van der Waals surface area contributed by atoms with Crippen LogP contribution in [0.3, 0.4) is 0 Å². The quantitative estimate of drug-likeness (QED) is 0.777. The van der Waals surface area contributed by atoms with Crippen molar-refractivity contribution in [3.63, 3.8) is 0 Å².